The Labute approximate surface area is 331 Å². The number of nitrogens with one attached hydrogen (secondary N) is 2. The average molecular weight is 824 g/mol. The van der Waals surface area contributed by atoms with E-state index in [1.54, 1.807) is 85.8 Å². The Morgan fingerprint density at radius 1 is 0.621 bits per heavy atom. The molecule has 2 amide bonds. The summed E-state index contributed by atoms with van der Waals surface area (Å²) in [6, 6.07) is 26.7. The van der Waals surface area contributed by atoms with E-state index in [9.17, 15) is 35.5 Å². The third-order valence-electron chi connectivity index (χ3n) is 8.50. The number of nitrogen functional groups attached to an aromatic ring is 1. The number of hydrogen-bond donors (Lipinski definition) is 5. The number of nitrogens with two attached hydrogens (primary N) is 1. The van der Waals surface area contributed by atoms with E-state index in [1.165, 1.54) is 32.4 Å². The van der Waals surface area contributed by atoms with Gasteiger partial charge in [0.15, 0.2) is 0 Å². The van der Waals surface area contributed by atoms with Gasteiger partial charge in [-0.25, -0.2) is 0 Å². The van der Waals surface area contributed by atoms with E-state index in [0.717, 1.165) is 6.07 Å². The topological polar surface area (TPSA) is 261 Å². The van der Waals surface area contributed by atoms with E-state index in [0.29, 0.717) is 56.9 Å². The number of azo groups is 2. The zero-order chi connectivity index (χ0) is 41.8. The van der Waals surface area contributed by atoms with Crippen LogP contribution < -0.4 is 25.8 Å². The Morgan fingerprint density at radius 2 is 1.21 bits per heavy atom. The highest BCUT2D eigenvalue weighted by Gasteiger charge is 2.21. The molecule has 0 saturated heterocycles. The first-order valence-corrected chi connectivity index (χ1v) is 19.7. The number of nitrogens with zero attached hydrogens (tertiary/aromatic N) is 4. The molecule has 6 aromatic rings. The van der Waals surface area contributed by atoms with Crippen molar-refractivity contribution in [3.8, 4) is 11.5 Å². The lowest BCUT2D eigenvalue weighted by molar-refractivity contribution is 0.101. The van der Waals surface area contributed by atoms with Gasteiger partial charge in [-0.1, -0.05) is 6.07 Å². The summed E-state index contributed by atoms with van der Waals surface area (Å²) >= 11 is 0. The first-order chi connectivity index (χ1) is 27.5. The highest BCUT2D eigenvalue weighted by atomic mass is 32.2. The van der Waals surface area contributed by atoms with Gasteiger partial charge in [0.1, 0.15) is 22.1 Å². The van der Waals surface area contributed by atoms with Crippen LogP contribution in [0.5, 0.6) is 11.5 Å². The number of hydrogen-bond acceptors (Lipinski definition) is 13. The molecule has 0 fully saturated rings. The van der Waals surface area contributed by atoms with Gasteiger partial charge in [-0.2, -0.15) is 32.2 Å². The highest BCUT2D eigenvalue weighted by Crippen LogP contribution is 2.40. The number of carbonyl (C=O) groups is 2. The van der Waals surface area contributed by atoms with Crippen molar-refractivity contribution in [2.45, 2.75) is 16.7 Å². The van der Waals surface area contributed by atoms with Crippen molar-refractivity contribution < 1.29 is 45.0 Å². The summed E-state index contributed by atoms with van der Waals surface area (Å²) in [4.78, 5) is 24.3. The van der Waals surface area contributed by atoms with E-state index in [2.05, 4.69) is 31.1 Å². The highest BCUT2D eigenvalue weighted by molar-refractivity contribution is 7.86. The maximum atomic E-state index is 13.2. The summed E-state index contributed by atoms with van der Waals surface area (Å²) < 4.78 is 77.6. The fourth-order valence-corrected chi connectivity index (χ4v) is 6.89. The first-order valence-electron chi connectivity index (χ1n) is 16.8. The van der Waals surface area contributed by atoms with Gasteiger partial charge in [-0.15, -0.1) is 5.11 Å². The number of benzene rings is 6. The quantitative estimate of drug-likeness (QED) is 0.0443. The van der Waals surface area contributed by atoms with Gasteiger partial charge in [0.2, 0.25) is 0 Å². The summed E-state index contributed by atoms with van der Waals surface area (Å²) in [7, 11) is -6.78. The minimum absolute atomic E-state index is 0.0361. The largest absolute Gasteiger partial charge is 0.494 e. The SMILES string of the molecule is COc1cc(NC(=O)c2ccc(NC(=O)c3ccc(N)cc3)cc2)c(OC)cc1N=Nc1ccc(N=Nc2ccc3cc(S(=O)(=O)O)cc(S(=O)(=O)O)c3c2)c(C)c1. The zero-order valence-corrected chi connectivity index (χ0v) is 32.4. The van der Waals surface area contributed by atoms with Crippen LogP contribution in [0.3, 0.4) is 0 Å². The minimum Gasteiger partial charge on any atom is -0.494 e. The van der Waals surface area contributed by atoms with Crippen LogP contribution in [0.4, 0.5) is 39.8 Å². The van der Waals surface area contributed by atoms with Crippen LogP contribution in [-0.4, -0.2) is 52.0 Å². The van der Waals surface area contributed by atoms with Crippen LogP contribution in [0.25, 0.3) is 10.8 Å². The van der Waals surface area contributed by atoms with Gasteiger partial charge in [-0.05, 0) is 109 Å². The van der Waals surface area contributed by atoms with Crippen molar-refractivity contribution in [2.75, 3.05) is 30.6 Å². The van der Waals surface area contributed by atoms with E-state index in [4.69, 9.17) is 15.2 Å². The number of methoxy groups -OCH3 is 2. The van der Waals surface area contributed by atoms with Gasteiger partial charge in [-0.3, -0.25) is 18.7 Å². The summed E-state index contributed by atoms with van der Waals surface area (Å²) in [5, 5.41) is 22.7. The predicted molar refractivity (Wildman–Crippen MR) is 216 cm³/mol. The minimum atomic E-state index is -4.88. The molecule has 19 heteroatoms. The number of ether oxygens (including phenoxy) is 2. The molecule has 0 radical (unpaired) electrons. The number of amides is 2. The van der Waals surface area contributed by atoms with Gasteiger partial charge >= 0.3 is 0 Å². The van der Waals surface area contributed by atoms with E-state index in [1.807, 2.05) is 0 Å². The molecular weight excluding hydrogens is 791 g/mol. The lowest BCUT2D eigenvalue weighted by Gasteiger charge is -2.14. The predicted octanol–water partition coefficient (Wildman–Crippen LogP) is 8.58. The molecule has 0 atom stereocenters. The maximum absolute atomic E-state index is 13.2. The molecular formula is C39H33N7O10S2. The summed E-state index contributed by atoms with van der Waals surface area (Å²) in [6.45, 7) is 1.76. The summed E-state index contributed by atoms with van der Waals surface area (Å²) in [6.07, 6.45) is 0. The normalized spacial score (nSPS) is 11.9. The first kappa shape index (κ1) is 40.6. The van der Waals surface area contributed by atoms with Crippen LogP contribution in [0.2, 0.25) is 0 Å². The van der Waals surface area contributed by atoms with E-state index < -0.39 is 35.9 Å². The van der Waals surface area contributed by atoms with Crippen molar-refractivity contribution in [2.24, 2.45) is 20.5 Å². The monoisotopic (exact) mass is 823 g/mol. The molecule has 0 saturated carbocycles. The van der Waals surface area contributed by atoms with Crippen molar-refractivity contribution in [3.63, 3.8) is 0 Å². The fourth-order valence-electron chi connectivity index (χ4n) is 5.54. The van der Waals surface area contributed by atoms with Crippen molar-refractivity contribution >= 4 is 82.6 Å². The van der Waals surface area contributed by atoms with Crippen LogP contribution in [0.1, 0.15) is 26.3 Å². The number of fused-ring (bicyclic) bond motifs is 1. The summed E-state index contributed by atoms with van der Waals surface area (Å²) in [5.74, 6) is -0.216. The molecule has 0 bridgehead atoms. The second kappa shape index (κ2) is 16.6. The lowest BCUT2D eigenvalue weighted by Crippen LogP contribution is -2.14. The van der Waals surface area contributed by atoms with Crippen LogP contribution in [0, 0.1) is 6.92 Å². The number of carbonyl (C=O) groups excluding carboxylic acids is 2. The van der Waals surface area contributed by atoms with E-state index in [-0.39, 0.29) is 33.9 Å². The standard InChI is InChI=1S/C39H33N7O10S2/c1-22-16-28(14-15-32(22)45-44-29-13-8-25-17-30(57(49,50)51)19-37(31(25)18-29)58(52,53)54)43-46-34-21-35(55-2)33(20-36(34)56-3)42-39(48)24-6-11-27(12-7-24)41-38(47)23-4-9-26(40)10-5-23/h4-21H,40H2,1-3H3,(H,41,47)(H,42,48)(H,49,50,51)(H,52,53,54). The van der Waals surface area contributed by atoms with Crippen LogP contribution in [-0.2, 0) is 20.2 Å². The van der Waals surface area contributed by atoms with Crippen molar-refractivity contribution in [3.05, 3.63) is 126 Å². The van der Waals surface area contributed by atoms with Gasteiger partial charge in [0.25, 0.3) is 32.1 Å². The third kappa shape index (κ3) is 9.48. The molecule has 17 nitrogen and oxygen atoms in total. The van der Waals surface area contributed by atoms with E-state index >= 15 is 0 Å². The molecule has 6 N–H and O–H groups in total. The fraction of sp³-hybridized carbons (Fsp3) is 0.0769. The number of rotatable bonds is 12. The van der Waals surface area contributed by atoms with Crippen molar-refractivity contribution in [1.29, 1.82) is 0 Å². The molecule has 0 aliphatic rings. The second-order valence-electron chi connectivity index (χ2n) is 12.5. The molecule has 0 aliphatic heterocycles. The Balaban J connectivity index is 1.15. The molecule has 0 spiro atoms. The van der Waals surface area contributed by atoms with Gasteiger partial charge in [0.05, 0.1) is 41.9 Å². The average Bonchev–Trinajstić information content (AvgIpc) is 3.19. The third-order valence-corrected chi connectivity index (χ3v) is 10.2. The van der Waals surface area contributed by atoms with Crippen molar-refractivity contribution in [1.82, 2.24) is 0 Å². The molecule has 6 rings (SSSR count). The summed E-state index contributed by atoms with van der Waals surface area (Å²) in [5.41, 5.74) is 9.79. The molecule has 58 heavy (non-hydrogen) atoms. The second-order valence-corrected chi connectivity index (χ2v) is 15.3. The van der Waals surface area contributed by atoms with Gasteiger partial charge < -0.3 is 25.8 Å². The van der Waals surface area contributed by atoms with Crippen LogP contribution in [0.15, 0.2) is 139 Å². The lowest BCUT2D eigenvalue weighted by atomic mass is 10.1. The zero-order valence-electron chi connectivity index (χ0n) is 30.7. The van der Waals surface area contributed by atoms with Crippen LogP contribution >= 0.6 is 0 Å². The molecule has 0 unspecified atom stereocenters. The Hall–Kier alpha value is -7.06. The van der Waals surface area contributed by atoms with Gasteiger partial charge in [0, 0.05) is 40.0 Å². The number of aryl methyl sites for hydroxylation is 1. The molecule has 296 valence electrons. The molecule has 6 aromatic carbocycles. The Bertz CT molecular complexity index is 2870. The molecule has 0 aromatic heterocycles. The Morgan fingerprint density at radius 3 is 1.81 bits per heavy atom. The molecule has 0 aliphatic carbocycles. The number of anilines is 3. The smallest absolute Gasteiger partial charge is 0.295 e. The molecule has 0 heterocycles. The Kier molecular flexibility index (Phi) is 11.6. The maximum Gasteiger partial charge on any atom is 0.295 e.